The Hall–Kier alpha value is -1.37. The molecule has 26 heavy (non-hydrogen) atoms. The van der Waals surface area contributed by atoms with Gasteiger partial charge in [-0.1, -0.05) is 23.7 Å². The molecule has 0 radical (unpaired) electrons. The molecule has 2 heterocycles. The number of nitrogens with two attached hydrogens (primary N) is 1. The molecule has 4 rings (SSSR count). The predicted octanol–water partition coefficient (Wildman–Crippen LogP) is 3.33. The van der Waals surface area contributed by atoms with E-state index in [4.69, 9.17) is 22.4 Å². The van der Waals surface area contributed by atoms with Gasteiger partial charge >= 0.3 is 0 Å². The third-order valence-corrected chi connectivity index (χ3v) is 7.61. The minimum atomic E-state index is -2.95. The summed E-state index contributed by atoms with van der Waals surface area (Å²) in [5.74, 6) is 0.846. The highest BCUT2D eigenvalue weighted by molar-refractivity contribution is 7.91. The van der Waals surface area contributed by atoms with Crippen LogP contribution in [0.3, 0.4) is 0 Å². The normalized spacial score (nSPS) is 24.5. The largest absolute Gasteiger partial charge is 0.330 e. The Kier molecular flexibility index (Phi) is 4.84. The molecule has 140 valence electrons. The van der Waals surface area contributed by atoms with Crippen molar-refractivity contribution >= 4 is 21.4 Å². The van der Waals surface area contributed by atoms with Crippen LogP contribution in [0.4, 0.5) is 0 Å². The molecular weight excluding hydrogens is 370 g/mol. The van der Waals surface area contributed by atoms with Crippen LogP contribution in [0.5, 0.6) is 0 Å². The summed E-state index contributed by atoms with van der Waals surface area (Å²) < 4.78 is 26.0. The Labute approximate surface area is 159 Å². The lowest BCUT2D eigenvalue weighted by atomic mass is 9.82. The number of rotatable bonds is 4. The number of fused-ring (bicyclic) bond motifs is 1. The van der Waals surface area contributed by atoms with Crippen LogP contribution in [0.1, 0.15) is 48.9 Å². The molecular formula is C19H24ClN3O2S. The van der Waals surface area contributed by atoms with Gasteiger partial charge in [-0.3, -0.25) is 4.68 Å². The van der Waals surface area contributed by atoms with Gasteiger partial charge in [-0.2, -0.15) is 5.10 Å². The van der Waals surface area contributed by atoms with Gasteiger partial charge in [-0.25, -0.2) is 8.42 Å². The molecule has 2 aromatic rings. The summed E-state index contributed by atoms with van der Waals surface area (Å²) in [6.45, 7) is 0.646. The van der Waals surface area contributed by atoms with E-state index < -0.39 is 9.84 Å². The third kappa shape index (κ3) is 3.30. The summed E-state index contributed by atoms with van der Waals surface area (Å²) in [6, 6.07) is 7.70. The minimum Gasteiger partial charge on any atom is -0.330 e. The van der Waals surface area contributed by atoms with E-state index in [9.17, 15) is 8.42 Å². The van der Waals surface area contributed by atoms with E-state index in [1.807, 2.05) is 28.9 Å². The van der Waals surface area contributed by atoms with Crippen LogP contribution in [-0.2, 0) is 16.3 Å². The van der Waals surface area contributed by atoms with Gasteiger partial charge in [-0.15, -0.1) is 0 Å². The van der Waals surface area contributed by atoms with Gasteiger partial charge in [0.1, 0.15) is 0 Å². The van der Waals surface area contributed by atoms with Crippen LogP contribution in [0.15, 0.2) is 24.3 Å². The third-order valence-electron chi connectivity index (χ3n) is 5.61. The highest BCUT2D eigenvalue weighted by Gasteiger charge is 2.35. The lowest BCUT2D eigenvalue weighted by Crippen LogP contribution is -2.19. The van der Waals surface area contributed by atoms with E-state index in [2.05, 4.69) is 0 Å². The standard InChI is InChI=1S/C19H24ClN3O2S/c20-15-6-4-14(5-7-15)19-18-13(8-10-21)2-1-3-17(18)23(22-19)16-9-11-26(24,25)12-16/h4-7,13,16H,1-3,8-12,21H2. The average Bonchev–Trinajstić information content (AvgIpc) is 3.17. The van der Waals surface area contributed by atoms with E-state index in [0.29, 0.717) is 23.9 Å². The second-order valence-corrected chi connectivity index (χ2v) is 10.0. The molecule has 1 aromatic carbocycles. The van der Waals surface area contributed by atoms with Crippen molar-refractivity contribution < 1.29 is 8.42 Å². The summed E-state index contributed by atoms with van der Waals surface area (Å²) in [5.41, 5.74) is 10.4. The quantitative estimate of drug-likeness (QED) is 0.864. The molecule has 2 aliphatic rings. The fraction of sp³-hybridized carbons (Fsp3) is 0.526. The van der Waals surface area contributed by atoms with Crippen LogP contribution in [0.2, 0.25) is 5.02 Å². The van der Waals surface area contributed by atoms with Gasteiger partial charge in [0.05, 0.1) is 23.2 Å². The first kappa shape index (κ1) is 18.0. The van der Waals surface area contributed by atoms with Gasteiger partial charge in [0.15, 0.2) is 9.84 Å². The van der Waals surface area contributed by atoms with Crippen LogP contribution in [0, 0.1) is 0 Å². The van der Waals surface area contributed by atoms with Gasteiger partial charge in [0, 0.05) is 21.8 Å². The molecule has 1 aromatic heterocycles. The topological polar surface area (TPSA) is 78.0 Å². The molecule has 1 saturated heterocycles. The van der Waals surface area contributed by atoms with E-state index >= 15 is 0 Å². The van der Waals surface area contributed by atoms with E-state index in [1.165, 1.54) is 11.3 Å². The highest BCUT2D eigenvalue weighted by Crippen LogP contribution is 2.42. The van der Waals surface area contributed by atoms with Crippen LogP contribution in [0.25, 0.3) is 11.3 Å². The summed E-state index contributed by atoms with van der Waals surface area (Å²) >= 11 is 6.05. The first-order valence-corrected chi connectivity index (χ1v) is 11.5. The maximum Gasteiger partial charge on any atom is 0.152 e. The van der Waals surface area contributed by atoms with E-state index in [0.717, 1.165) is 36.9 Å². The van der Waals surface area contributed by atoms with E-state index in [-0.39, 0.29) is 17.5 Å². The minimum absolute atomic E-state index is 0.0496. The van der Waals surface area contributed by atoms with Crippen molar-refractivity contribution in [1.29, 1.82) is 0 Å². The number of benzene rings is 1. The van der Waals surface area contributed by atoms with Crippen molar-refractivity contribution in [3.8, 4) is 11.3 Å². The number of hydrogen-bond donors (Lipinski definition) is 1. The summed E-state index contributed by atoms with van der Waals surface area (Å²) in [5, 5.41) is 5.64. The van der Waals surface area contributed by atoms with Gasteiger partial charge in [0.25, 0.3) is 0 Å². The lowest BCUT2D eigenvalue weighted by molar-refractivity contribution is 0.452. The first-order valence-electron chi connectivity index (χ1n) is 9.26. The Morgan fingerprint density at radius 3 is 2.65 bits per heavy atom. The zero-order valence-electron chi connectivity index (χ0n) is 14.7. The molecule has 0 bridgehead atoms. The molecule has 0 saturated carbocycles. The molecule has 1 aliphatic carbocycles. The zero-order chi connectivity index (χ0) is 18.3. The van der Waals surface area contributed by atoms with Crippen LogP contribution < -0.4 is 5.73 Å². The molecule has 1 fully saturated rings. The number of sulfone groups is 1. The summed E-state index contributed by atoms with van der Waals surface area (Å²) in [6.07, 6.45) is 4.75. The SMILES string of the molecule is NCCC1CCCc2c1c(-c1ccc(Cl)cc1)nn2C1CCS(=O)(=O)C1. The van der Waals surface area contributed by atoms with Crippen molar-refractivity contribution in [2.24, 2.45) is 5.73 Å². The molecule has 2 atom stereocenters. The Morgan fingerprint density at radius 2 is 2.00 bits per heavy atom. The van der Waals surface area contributed by atoms with Crippen molar-refractivity contribution in [1.82, 2.24) is 9.78 Å². The second kappa shape index (κ2) is 6.98. The first-order chi connectivity index (χ1) is 12.5. The predicted molar refractivity (Wildman–Crippen MR) is 104 cm³/mol. The van der Waals surface area contributed by atoms with Gasteiger partial charge < -0.3 is 5.73 Å². The fourth-order valence-corrected chi connectivity index (χ4v) is 6.22. The number of halogens is 1. The van der Waals surface area contributed by atoms with Crippen molar-refractivity contribution in [3.63, 3.8) is 0 Å². The highest BCUT2D eigenvalue weighted by atomic mass is 35.5. The molecule has 7 heteroatoms. The average molecular weight is 394 g/mol. The zero-order valence-corrected chi connectivity index (χ0v) is 16.3. The maximum absolute atomic E-state index is 12.0. The van der Waals surface area contributed by atoms with Crippen LogP contribution in [-0.4, -0.2) is 36.2 Å². The van der Waals surface area contributed by atoms with Crippen molar-refractivity contribution in [2.45, 2.75) is 44.1 Å². The van der Waals surface area contributed by atoms with Crippen molar-refractivity contribution in [2.75, 3.05) is 18.1 Å². The number of nitrogens with zero attached hydrogens (tertiary/aromatic N) is 2. The monoisotopic (exact) mass is 393 g/mol. The summed E-state index contributed by atoms with van der Waals surface area (Å²) in [4.78, 5) is 0. The number of aromatic nitrogens is 2. The van der Waals surface area contributed by atoms with Gasteiger partial charge in [-0.05, 0) is 56.7 Å². The molecule has 5 nitrogen and oxygen atoms in total. The summed E-state index contributed by atoms with van der Waals surface area (Å²) in [7, 11) is -2.95. The van der Waals surface area contributed by atoms with E-state index in [1.54, 1.807) is 0 Å². The molecule has 2 N–H and O–H groups in total. The van der Waals surface area contributed by atoms with Crippen molar-refractivity contribution in [3.05, 3.63) is 40.5 Å². The molecule has 1 aliphatic heterocycles. The molecule has 0 amide bonds. The lowest BCUT2D eigenvalue weighted by Gasteiger charge is -2.24. The fourth-order valence-electron chi connectivity index (χ4n) is 4.40. The number of hydrogen-bond acceptors (Lipinski definition) is 4. The maximum atomic E-state index is 12.0. The van der Waals surface area contributed by atoms with Crippen LogP contribution >= 0.6 is 11.6 Å². The Balaban J connectivity index is 1.84. The molecule has 0 spiro atoms. The Morgan fingerprint density at radius 1 is 1.23 bits per heavy atom. The Bertz CT molecular complexity index is 906. The smallest absolute Gasteiger partial charge is 0.152 e. The van der Waals surface area contributed by atoms with Gasteiger partial charge in [0.2, 0.25) is 0 Å². The molecule has 2 unspecified atom stereocenters. The second-order valence-electron chi connectivity index (χ2n) is 7.38.